The monoisotopic (exact) mass is 373 g/mol. The summed E-state index contributed by atoms with van der Waals surface area (Å²) in [5, 5.41) is 15.0. The van der Waals surface area contributed by atoms with Crippen molar-refractivity contribution >= 4 is 23.0 Å². The van der Waals surface area contributed by atoms with Crippen LogP contribution in [0.4, 0.5) is 6.01 Å². The van der Waals surface area contributed by atoms with Gasteiger partial charge in [0, 0.05) is 37.8 Å². The van der Waals surface area contributed by atoms with E-state index in [-0.39, 0.29) is 18.6 Å². The normalized spacial score (nSPS) is 26.3. The molecule has 0 radical (unpaired) electrons. The molecule has 2 bridgehead atoms. The quantitative estimate of drug-likeness (QED) is 0.712. The van der Waals surface area contributed by atoms with Gasteiger partial charge in [0.25, 0.3) is 11.9 Å². The highest BCUT2D eigenvalue weighted by molar-refractivity contribution is 6.04. The fraction of sp³-hybridized carbons (Fsp3) is 0.579. The number of piperidine rings is 1. The largest absolute Gasteiger partial charge is 0.424 e. The summed E-state index contributed by atoms with van der Waals surface area (Å²) >= 11 is 0. The van der Waals surface area contributed by atoms with Crippen molar-refractivity contribution < 1.29 is 14.3 Å². The molecule has 3 heterocycles. The number of hydrogen-bond acceptors (Lipinski definition) is 7. The summed E-state index contributed by atoms with van der Waals surface area (Å²) < 4.78 is 5.61. The number of aliphatic hydroxyl groups excluding tert-OH is 1. The number of amides is 1. The molecule has 27 heavy (non-hydrogen) atoms. The molecular weight excluding hydrogens is 346 g/mol. The molecule has 2 aliphatic heterocycles. The molecular formula is C19H27N5O3. The first-order chi connectivity index (χ1) is 13.0. The first kappa shape index (κ1) is 18.2. The van der Waals surface area contributed by atoms with Gasteiger partial charge in [-0.15, -0.1) is 0 Å². The number of nitrogens with one attached hydrogen (secondary N) is 2. The maximum atomic E-state index is 12.9. The van der Waals surface area contributed by atoms with Gasteiger partial charge in [0.1, 0.15) is 5.52 Å². The second-order valence-electron chi connectivity index (χ2n) is 7.66. The lowest BCUT2D eigenvalue weighted by Gasteiger charge is -2.50. The van der Waals surface area contributed by atoms with E-state index in [1.165, 1.54) is 0 Å². The van der Waals surface area contributed by atoms with Gasteiger partial charge < -0.3 is 25.1 Å². The van der Waals surface area contributed by atoms with E-state index < -0.39 is 0 Å². The molecule has 0 aliphatic carbocycles. The van der Waals surface area contributed by atoms with Crippen LogP contribution in [0.15, 0.2) is 22.6 Å². The summed E-state index contributed by atoms with van der Waals surface area (Å²) in [6.45, 7) is 2.41. The number of aromatic nitrogens is 1. The van der Waals surface area contributed by atoms with E-state index in [1.807, 2.05) is 0 Å². The number of piperazine rings is 1. The maximum absolute atomic E-state index is 12.9. The van der Waals surface area contributed by atoms with Crippen LogP contribution in [0.1, 0.15) is 23.2 Å². The SMILES string of the molecule is CN1CC2CC(NC(=O)c3cccc4oc(NCCO)nc34)CC(C1)N2C. The van der Waals surface area contributed by atoms with Crippen LogP contribution in [0, 0.1) is 0 Å². The Morgan fingerprint density at radius 3 is 2.74 bits per heavy atom. The van der Waals surface area contributed by atoms with Gasteiger partial charge in [0.05, 0.1) is 12.2 Å². The predicted molar refractivity (Wildman–Crippen MR) is 103 cm³/mol. The van der Waals surface area contributed by atoms with E-state index in [4.69, 9.17) is 9.52 Å². The number of aliphatic hydroxyl groups is 1. The topological polar surface area (TPSA) is 93.9 Å². The molecule has 4 rings (SSSR count). The van der Waals surface area contributed by atoms with E-state index in [1.54, 1.807) is 18.2 Å². The Morgan fingerprint density at radius 2 is 2.04 bits per heavy atom. The molecule has 2 aliphatic rings. The first-order valence-electron chi connectivity index (χ1n) is 9.50. The summed E-state index contributed by atoms with van der Waals surface area (Å²) in [5.41, 5.74) is 1.63. The molecule has 2 atom stereocenters. The van der Waals surface area contributed by atoms with Crippen LogP contribution < -0.4 is 10.6 Å². The van der Waals surface area contributed by atoms with Crippen LogP contribution in [-0.4, -0.2) is 84.3 Å². The molecule has 146 valence electrons. The molecule has 2 saturated heterocycles. The predicted octanol–water partition coefficient (Wildman–Crippen LogP) is 0.739. The minimum Gasteiger partial charge on any atom is -0.424 e. The fourth-order valence-electron chi connectivity index (χ4n) is 4.34. The van der Waals surface area contributed by atoms with Crippen molar-refractivity contribution in [3.8, 4) is 0 Å². The molecule has 0 spiro atoms. The number of rotatable bonds is 5. The molecule has 2 fully saturated rings. The van der Waals surface area contributed by atoms with Gasteiger partial charge in [-0.05, 0) is 39.1 Å². The van der Waals surface area contributed by atoms with E-state index in [0.29, 0.717) is 41.3 Å². The number of carbonyl (C=O) groups is 1. The van der Waals surface area contributed by atoms with Crippen molar-refractivity contribution in [3.63, 3.8) is 0 Å². The van der Waals surface area contributed by atoms with Gasteiger partial charge >= 0.3 is 0 Å². The zero-order valence-electron chi connectivity index (χ0n) is 15.8. The summed E-state index contributed by atoms with van der Waals surface area (Å²) in [5.74, 6) is -0.108. The van der Waals surface area contributed by atoms with E-state index in [9.17, 15) is 4.79 Å². The third-order valence-corrected chi connectivity index (χ3v) is 5.70. The number of oxazole rings is 1. The molecule has 1 aromatic carbocycles. The number of nitrogens with zero attached hydrogens (tertiary/aromatic N) is 3. The van der Waals surface area contributed by atoms with E-state index >= 15 is 0 Å². The Hall–Kier alpha value is -2.16. The molecule has 3 N–H and O–H groups in total. The molecule has 0 saturated carbocycles. The van der Waals surface area contributed by atoms with Crippen LogP contribution >= 0.6 is 0 Å². The molecule has 8 heteroatoms. The number of carbonyl (C=O) groups excluding carboxylic acids is 1. The number of hydrogen-bond donors (Lipinski definition) is 3. The molecule has 1 amide bonds. The van der Waals surface area contributed by atoms with Crippen LogP contribution in [0.25, 0.3) is 11.1 Å². The highest BCUT2D eigenvalue weighted by Gasteiger charge is 2.38. The summed E-state index contributed by atoms with van der Waals surface area (Å²) in [6, 6.07) is 6.81. The van der Waals surface area contributed by atoms with Crippen LogP contribution in [0.2, 0.25) is 0 Å². The minimum atomic E-state index is -0.108. The minimum absolute atomic E-state index is 0.0142. The zero-order chi connectivity index (χ0) is 19.0. The van der Waals surface area contributed by atoms with Crippen molar-refractivity contribution in [1.82, 2.24) is 20.1 Å². The van der Waals surface area contributed by atoms with Crippen molar-refractivity contribution in [2.75, 3.05) is 45.7 Å². The maximum Gasteiger partial charge on any atom is 0.295 e. The Morgan fingerprint density at radius 1 is 1.30 bits per heavy atom. The lowest BCUT2D eigenvalue weighted by atomic mass is 9.88. The molecule has 8 nitrogen and oxygen atoms in total. The average Bonchev–Trinajstić information content (AvgIpc) is 3.04. The van der Waals surface area contributed by atoms with Gasteiger partial charge in [0.15, 0.2) is 5.58 Å². The number of fused-ring (bicyclic) bond motifs is 3. The van der Waals surface area contributed by atoms with E-state index in [2.05, 4.69) is 39.5 Å². The lowest BCUT2D eigenvalue weighted by molar-refractivity contribution is 0.00841. The zero-order valence-corrected chi connectivity index (χ0v) is 15.8. The van der Waals surface area contributed by atoms with Crippen LogP contribution in [0.3, 0.4) is 0 Å². The smallest absolute Gasteiger partial charge is 0.295 e. The second kappa shape index (κ2) is 7.46. The first-order valence-corrected chi connectivity index (χ1v) is 9.50. The second-order valence-corrected chi connectivity index (χ2v) is 7.66. The van der Waals surface area contributed by atoms with Gasteiger partial charge in [-0.3, -0.25) is 9.69 Å². The average molecular weight is 373 g/mol. The highest BCUT2D eigenvalue weighted by Crippen LogP contribution is 2.28. The number of likely N-dealkylation sites (tertiary alicyclic amines) is 1. The van der Waals surface area contributed by atoms with Crippen molar-refractivity contribution in [3.05, 3.63) is 23.8 Å². The van der Waals surface area contributed by atoms with Gasteiger partial charge in [0.2, 0.25) is 0 Å². The number of anilines is 1. The highest BCUT2D eigenvalue weighted by atomic mass is 16.4. The van der Waals surface area contributed by atoms with Crippen LogP contribution in [-0.2, 0) is 0 Å². The Bertz CT molecular complexity index is 807. The lowest BCUT2D eigenvalue weighted by Crippen LogP contribution is -2.63. The Labute approximate surface area is 158 Å². The van der Waals surface area contributed by atoms with Crippen LogP contribution in [0.5, 0.6) is 0 Å². The van der Waals surface area contributed by atoms with E-state index in [0.717, 1.165) is 25.9 Å². The summed E-state index contributed by atoms with van der Waals surface area (Å²) in [7, 11) is 4.36. The number of benzene rings is 1. The Kier molecular flexibility index (Phi) is 5.03. The third kappa shape index (κ3) is 3.65. The van der Waals surface area contributed by atoms with Gasteiger partial charge in [-0.2, -0.15) is 4.98 Å². The summed E-state index contributed by atoms with van der Waals surface area (Å²) in [6.07, 6.45) is 1.92. The standard InChI is InChI=1S/C19H27N5O3/c1-23-10-13-8-12(9-14(11-23)24(13)2)21-18(26)15-4-3-5-16-17(15)22-19(27-16)20-6-7-25/h3-5,12-14,25H,6-11H2,1-2H3,(H,20,22)(H,21,26). The van der Waals surface area contributed by atoms with Crippen molar-refractivity contribution in [1.29, 1.82) is 0 Å². The number of likely N-dealkylation sites (N-methyl/N-ethyl adjacent to an activating group) is 2. The van der Waals surface area contributed by atoms with Crippen molar-refractivity contribution in [2.24, 2.45) is 0 Å². The molecule has 2 aromatic rings. The fourth-order valence-corrected chi connectivity index (χ4v) is 4.34. The van der Waals surface area contributed by atoms with Crippen molar-refractivity contribution in [2.45, 2.75) is 31.0 Å². The van der Waals surface area contributed by atoms with Gasteiger partial charge in [-0.1, -0.05) is 6.07 Å². The molecule has 2 unspecified atom stereocenters. The van der Waals surface area contributed by atoms with Gasteiger partial charge in [-0.25, -0.2) is 0 Å². The third-order valence-electron chi connectivity index (χ3n) is 5.70. The Balaban J connectivity index is 1.49. The summed E-state index contributed by atoms with van der Waals surface area (Å²) in [4.78, 5) is 22.2. The molecule has 1 aromatic heterocycles. The number of para-hydroxylation sites is 1.